The first-order valence-electron chi connectivity index (χ1n) is 11.1. The van der Waals surface area contributed by atoms with Crippen molar-refractivity contribution < 1.29 is 19.0 Å². The van der Waals surface area contributed by atoms with Crippen LogP contribution in [0.1, 0.15) is 36.0 Å². The molecule has 2 atom stereocenters. The van der Waals surface area contributed by atoms with Gasteiger partial charge in [0, 0.05) is 31.1 Å². The largest absolute Gasteiger partial charge is 0.489 e. The minimum atomic E-state index is -0.553. The van der Waals surface area contributed by atoms with Crippen LogP contribution in [0.4, 0.5) is 23.1 Å². The van der Waals surface area contributed by atoms with Crippen molar-refractivity contribution in [1.82, 2.24) is 9.97 Å². The molecule has 0 radical (unpaired) electrons. The molecular weight excluding hydrogens is 444 g/mol. The lowest BCUT2D eigenvalue weighted by Gasteiger charge is -2.17. The molecule has 1 aromatic heterocycles. The number of nitrogens with zero attached hydrogens (tertiary/aromatic N) is 2. The van der Waals surface area contributed by atoms with E-state index in [2.05, 4.69) is 25.9 Å². The molecule has 5 N–H and O–H groups in total. The summed E-state index contributed by atoms with van der Waals surface area (Å²) in [5, 5.41) is 9.83. The molecule has 2 aromatic rings. The Morgan fingerprint density at radius 1 is 1.30 bits per heavy atom. The Labute approximate surface area is 199 Å². The van der Waals surface area contributed by atoms with Gasteiger partial charge in [-0.15, -0.1) is 0 Å². The van der Waals surface area contributed by atoms with E-state index < -0.39 is 5.91 Å². The number of primary amides is 1. The van der Waals surface area contributed by atoms with Crippen molar-refractivity contribution in [3.05, 3.63) is 30.0 Å². The molecule has 1 aliphatic carbocycles. The average Bonchev–Trinajstić information content (AvgIpc) is 3.49. The summed E-state index contributed by atoms with van der Waals surface area (Å²) >= 11 is 0. The number of amides is 1. The van der Waals surface area contributed by atoms with Crippen LogP contribution in [0.5, 0.6) is 5.75 Å². The van der Waals surface area contributed by atoms with Crippen LogP contribution in [0.15, 0.2) is 24.4 Å². The van der Waals surface area contributed by atoms with E-state index in [1.807, 2.05) is 18.2 Å². The molecule has 5 rings (SSSR count). The van der Waals surface area contributed by atoms with E-state index in [0.29, 0.717) is 37.6 Å². The Kier molecular flexibility index (Phi) is 7.41. The van der Waals surface area contributed by atoms with Crippen LogP contribution in [-0.4, -0.2) is 60.5 Å². The van der Waals surface area contributed by atoms with Crippen molar-refractivity contribution in [3.63, 3.8) is 0 Å². The lowest BCUT2D eigenvalue weighted by Crippen LogP contribution is -2.30. The van der Waals surface area contributed by atoms with Crippen LogP contribution in [0.3, 0.4) is 0 Å². The minimum absolute atomic E-state index is 0. The Morgan fingerprint density at radius 3 is 2.94 bits per heavy atom. The molecule has 1 unspecified atom stereocenters. The van der Waals surface area contributed by atoms with E-state index >= 15 is 0 Å². The molecule has 3 heterocycles. The molecule has 1 saturated carbocycles. The standard InChI is InChI=1S/C22H28N6O4.H2S/c23-20(29)17-10-25-22(28-21(17)26-13-3-4-13)27-14-5-6-19-18(8-14)24-9-16(12-32-19)31-11-15-2-1-7-30-15;/h5-6,8,10,13,15-16,24H,1-4,7,9,11-12H2,(H2,23,29)(H2,25,26,27,28);1H2/t15?,16-;/m0./s1. The molecule has 1 aromatic carbocycles. The molecule has 1 saturated heterocycles. The fraction of sp³-hybridized carbons (Fsp3) is 0.500. The second-order valence-corrected chi connectivity index (χ2v) is 8.36. The Hall–Kier alpha value is -2.76. The monoisotopic (exact) mass is 474 g/mol. The molecule has 3 aliphatic rings. The van der Waals surface area contributed by atoms with Crippen LogP contribution in [0.25, 0.3) is 0 Å². The number of carbonyl (C=O) groups is 1. The van der Waals surface area contributed by atoms with Crippen LogP contribution in [0, 0.1) is 0 Å². The molecule has 2 fully saturated rings. The predicted molar refractivity (Wildman–Crippen MR) is 130 cm³/mol. The topological polar surface area (TPSA) is 133 Å². The number of carbonyl (C=O) groups excluding carboxylic acids is 1. The third-order valence-corrected chi connectivity index (χ3v) is 5.69. The number of rotatable bonds is 8. The lowest BCUT2D eigenvalue weighted by molar-refractivity contribution is -0.0288. The minimum Gasteiger partial charge on any atom is -0.489 e. The highest BCUT2D eigenvalue weighted by Crippen LogP contribution is 2.32. The number of fused-ring (bicyclic) bond motifs is 1. The van der Waals surface area contributed by atoms with Crippen molar-refractivity contribution in [2.75, 3.05) is 42.3 Å². The zero-order chi connectivity index (χ0) is 21.9. The van der Waals surface area contributed by atoms with E-state index in [0.717, 1.165) is 49.4 Å². The third-order valence-electron chi connectivity index (χ3n) is 5.69. The summed E-state index contributed by atoms with van der Waals surface area (Å²) in [7, 11) is 0. The van der Waals surface area contributed by atoms with Gasteiger partial charge in [0.1, 0.15) is 24.3 Å². The van der Waals surface area contributed by atoms with E-state index in [-0.39, 0.29) is 31.3 Å². The Balaban J connectivity index is 0.00000259. The van der Waals surface area contributed by atoms with Gasteiger partial charge in [-0.2, -0.15) is 18.5 Å². The van der Waals surface area contributed by atoms with Crippen molar-refractivity contribution in [3.8, 4) is 5.75 Å². The zero-order valence-electron chi connectivity index (χ0n) is 18.3. The van der Waals surface area contributed by atoms with Gasteiger partial charge in [-0.3, -0.25) is 4.79 Å². The first-order valence-corrected chi connectivity index (χ1v) is 11.1. The summed E-state index contributed by atoms with van der Waals surface area (Å²) < 4.78 is 17.6. The molecule has 33 heavy (non-hydrogen) atoms. The van der Waals surface area contributed by atoms with Crippen molar-refractivity contribution in [2.24, 2.45) is 5.73 Å². The maximum absolute atomic E-state index is 11.7. The number of anilines is 4. The van der Waals surface area contributed by atoms with Crippen molar-refractivity contribution in [1.29, 1.82) is 0 Å². The molecule has 0 bridgehead atoms. The van der Waals surface area contributed by atoms with Gasteiger partial charge in [0.2, 0.25) is 5.95 Å². The number of nitrogens with two attached hydrogens (primary N) is 1. The first kappa shape index (κ1) is 23.4. The quantitative estimate of drug-likeness (QED) is 0.455. The van der Waals surface area contributed by atoms with Crippen LogP contribution in [-0.2, 0) is 9.47 Å². The normalized spacial score (nSPS) is 21.6. The molecule has 2 aliphatic heterocycles. The smallest absolute Gasteiger partial charge is 0.254 e. The lowest BCUT2D eigenvalue weighted by atomic mass is 10.2. The van der Waals surface area contributed by atoms with Gasteiger partial charge in [0.15, 0.2) is 0 Å². The number of hydrogen-bond donors (Lipinski definition) is 4. The highest BCUT2D eigenvalue weighted by molar-refractivity contribution is 7.59. The summed E-state index contributed by atoms with van der Waals surface area (Å²) in [5.41, 5.74) is 7.40. The summed E-state index contributed by atoms with van der Waals surface area (Å²) in [6, 6.07) is 6.07. The van der Waals surface area contributed by atoms with Gasteiger partial charge in [-0.1, -0.05) is 0 Å². The summed E-state index contributed by atoms with van der Waals surface area (Å²) in [4.78, 5) is 20.4. The zero-order valence-corrected chi connectivity index (χ0v) is 19.3. The summed E-state index contributed by atoms with van der Waals surface area (Å²) in [6.45, 7) is 2.53. The highest BCUT2D eigenvalue weighted by Gasteiger charge is 2.25. The predicted octanol–water partition coefficient (Wildman–Crippen LogP) is 2.37. The number of benzene rings is 1. The van der Waals surface area contributed by atoms with Crippen LogP contribution < -0.4 is 26.4 Å². The fourth-order valence-electron chi connectivity index (χ4n) is 3.75. The number of ether oxygens (including phenoxy) is 3. The van der Waals surface area contributed by atoms with Crippen LogP contribution >= 0.6 is 13.5 Å². The average molecular weight is 475 g/mol. The maximum Gasteiger partial charge on any atom is 0.254 e. The second-order valence-electron chi connectivity index (χ2n) is 8.36. The number of hydrogen-bond acceptors (Lipinski definition) is 9. The maximum atomic E-state index is 11.7. The van der Waals surface area contributed by atoms with Crippen molar-refractivity contribution >= 4 is 42.5 Å². The van der Waals surface area contributed by atoms with Crippen LogP contribution in [0.2, 0.25) is 0 Å². The summed E-state index contributed by atoms with van der Waals surface area (Å²) in [6.07, 6.45) is 5.85. The summed E-state index contributed by atoms with van der Waals surface area (Å²) in [5.74, 6) is 1.05. The fourth-order valence-corrected chi connectivity index (χ4v) is 3.75. The molecule has 11 heteroatoms. The third kappa shape index (κ3) is 5.98. The van der Waals surface area contributed by atoms with Gasteiger partial charge in [-0.05, 0) is 43.9 Å². The Morgan fingerprint density at radius 2 is 2.18 bits per heavy atom. The van der Waals surface area contributed by atoms with Gasteiger partial charge in [0.05, 0.1) is 24.0 Å². The van der Waals surface area contributed by atoms with Gasteiger partial charge >= 0.3 is 0 Å². The highest BCUT2D eigenvalue weighted by atomic mass is 32.1. The first-order chi connectivity index (χ1) is 15.6. The van der Waals surface area contributed by atoms with E-state index in [1.165, 1.54) is 6.20 Å². The molecular formula is C22H30N6O4S. The Bertz CT molecular complexity index is 983. The van der Waals surface area contributed by atoms with E-state index in [9.17, 15) is 4.79 Å². The van der Waals surface area contributed by atoms with Gasteiger partial charge in [0.25, 0.3) is 5.91 Å². The molecule has 0 spiro atoms. The van der Waals surface area contributed by atoms with E-state index in [1.54, 1.807) is 0 Å². The van der Waals surface area contributed by atoms with E-state index in [4.69, 9.17) is 19.9 Å². The van der Waals surface area contributed by atoms with Gasteiger partial charge in [-0.25, -0.2) is 4.98 Å². The second kappa shape index (κ2) is 10.4. The number of nitrogens with one attached hydrogen (secondary N) is 3. The van der Waals surface area contributed by atoms with Crippen molar-refractivity contribution in [2.45, 2.75) is 43.9 Å². The molecule has 1 amide bonds. The number of aromatic nitrogens is 2. The molecule has 10 nitrogen and oxygen atoms in total. The molecule has 178 valence electrons. The van der Waals surface area contributed by atoms with Gasteiger partial charge < -0.3 is 35.9 Å². The SMILES string of the molecule is NC(=O)c1cnc(Nc2ccc3c(c2)NC[C@H](OCC2CCCO2)CO3)nc1NC1CC1.S.